The smallest absolute Gasteiger partial charge is 0.317 e. The Labute approximate surface area is 142 Å². The largest absolute Gasteiger partial charge is 0.481 e. The van der Waals surface area contributed by atoms with Gasteiger partial charge < -0.3 is 14.7 Å². The number of rotatable bonds is 12. The van der Waals surface area contributed by atoms with E-state index in [-0.39, 0.29) is 6.42 Å². The summed E-state index contributed by atoms with van der Waals surface area (Å²) in [6, 6.07) is 0. The first-order chi connectivity index (χ1) is 10.8. The predicted octanol–water partition coefficient (Wildman–Crippen LogP) is 4.02. The van der Waals surface area contributed by atoms with Crippen LogP contribution in [0.1, 0.15) is 73.1 Å². The maximum Gasteiger partial charge on any atom is 0.317 e. The molecule has 0 aliphatic heterocycles. The zero-order valence-corrected chi connectivity index (χ0v) is 15.8. The van der Waals surface area contributed by atoms with Gasteiger partial charge in [0.25, 0.3) is 0 Å². The van der Waals surface area contributed by atoms with Crippen molar-refractivity contribution in [2.75, 3.05) is 26.2 Å². The molecule has 0 rings (SSSR count). The molecule has 0 aromatic carbocycles. The first-order valence-electron chi connectivity index (χ1n) is 9.14. The molecule has 0 unspecified atom stereocenters. The Morgan fingerprint density at radius 2 is 1.00 bits per heavy atom. The van der Waals surface area contributed by atoms with E-state index in [2.05, 4.69) is 27.7 Å². The lowest BCUT2D eigenvalue weighted by Crippen LogP contribution is -2.50. The van der Waals surface area contributed by atoms with Crippen LogP contribution >= 0.6 is 0 Å². The van der Waals surface area contributed by atoms with Gasteiger partial charge in [0.1, 0.15) is 0 Å². The summed E-state index contributed by atoms with van der Waals surface area (Å²) < 4.78 is 1.38. The van der Waals surface area contributed by atoms with Crippen molar-refractivity contribution in [1.82, 2.24) is 0 Å². The lowest BCUT2D eigenvalue weighted by Gasteiger charge is -2.38. The van der Waals surface area contributed by atoms with Crippen molar-refractivity contribution in [3.63, 3.8) is 0 Å². The second kappa shape index (κ2) is 14.5. The number of carboxylic acids is 2. The van der Waals surface area contributed by atoms with Crippen molar-refractivity contribution in [3.05, 3.63) is 0 Å². The van der Waals surface area contributed by atoms with Gasteiger partial charge in [0, 0.05) is 0 Å². The predicted molar refractivity (Wildman–Crippen MR) is 94.6 cm³/mol. The third kappa shape index (κ3) is 11.1. The van der Waals surface area contributed by atoms with Crippen LogP contribution in [0.3, 0.4) is 0 Å². The number of carbonyl (C=O) groups is 2. The lowest BCUT2D eigenvalue weighted by molar-refractivity contribution is -0.928. The molecular formula is C18H38NO4+. The molecule has 0 aliphatic rings. The lowest BCUT2D eigenvalue weighted by atomic mass is 10.1. The van der Waals surface area contributed by atoms with Crippen molar-refractivity contribution in [3.8, 4) is 0 Å². The van der Waals surface area contributed by atoms with E-state index in [4.69, 9.17) is 10.2 Å². The maximum atomic E-state index is 10.2. The van der Waals surface area contributed by atoms with E-state index >= 15 is 0 Å². The van der Waals surface area contributed by atoms with E-state index in [1.165, 1.54) is 56.3 Å². The van der Waals surface area contributed by atoms with Crippen molar-refractivity contribution in [2.45, 2.75) is 73.1 Å². The SMILES string of the molecule is CCCC(C(=O)O)C(=O)O.CCC[N+](CCC)(CCC)CCC. The van der Waals surface area contributed by atoms with Crippen LogP contribution in [0.4, 0.5) is 0 Å². The zero-order chi connectivity index (χ0) is 18.3. The summed E-state index contributed by atoms with van der Waals surface area (Å²) in [6.45, 7) is 16.5. The molecule has 0 aromatic heterocycles. The highest BCUT2D eigenvalue weighted by molar-refractivity contribution is 5.92. The molecule has 23 heavy (non-hydrogen) atoms. The van der Waals surface area contributed by atoms with E-state index in [0.717, 1.165) is 0 Å². The molecule has 0 spiro atoms. The molecule has 0 aromatic rings. The van der Waals surface area contributed by atoms with Crippen LogP contribution < -0.4 is 0 Å². The van der Waals surface area contributed by atoms with Crippen LogP contribution in [0.15, 0.2) is 0 Å². The summed E-state index contributed by atoms with van der Waals surface area (Å²) in [5.41, 5.74) is 0. The number of aliphatic carboxylic acids is 2. The molecule has 0 saturated carbocycles. The Bertz CT molecular complexity index is 275. The van der Waals surface area contributed by atoms with Crippen molar-refractivity contribution in [2.24, 2.45) is 5.92 Å². The fourth-order valence-electron chi connectivity index (χ4n) is 3.21. The minimum Gasteiger partial charge on any atom is -0.481 e. The van der Waals surface area contributed by atoms with Gasteiger partial charge in [-0.15, -0.1) is 0 Å². The molecule has 0 saturated heterocycles. The highest BCUT2D eigenvalue weighted by Crippen LogP contribution is 2.12. The first-order valence-corrected chi connectivity index (χ1v) is 9.14. The van der Waals surface area contributed by atoms with E-state index in [9.17, 15) is 9.59 Å². The topological polar surface area (TPSA) is 74.6 Å². The zero-order valence-electron chi connectivity index (χ0n) is 15.8. The van der Waals surface area contributed by atoms with E-state index in [1.54, 1.807) is 6.92 Å². The highest BCUT2D eigenvalue weighted by atomic mass is 16.4. The van der Waals surface area contributed by atoms with Gasteiger partial charge in [-0.1, -0.05) is 41.0 Å². The van der Waals surface area contributed by atoms with Crippen LogP contribution in [-0.4, -0.2) is 52.8 Å². The molecule has 0 amide bonds. The fourth-order valence-corrected chi connectivity index (χ4v) is 3.21. The third-order valence-electron chi connectivity index (χ3n) is 3.97. The Balaban J connectivity index is 0. The Hall–Kier alpha value is -1.10. The summed E-state index contributed by atoms with van der Waals surface area (Å²) in [4.78, 5) is 20.3. The van der Waals surface area contributed by atoms with E-state index in [1.807, 2.05) is 0 Å². The van der Waals surface area contributed by atoms with Gasteiger partial charge in [-0.25, -0.2) is 0 Å². The Kier molecular flexibility index (Phi) is 15.2. The van der Waals surface area contributed by atoms with Gasteiger partial charge >= 0.3 is 11.9 Å². The number of hydrogen-bond acceptors (Lipinski definition) is 2. The number of nitrogens with zero attached hydrogens (tertiary/aromatic N) is 1. The monoisotopic (exact) mass is 332 g/mol. The molecule has 0 heterocycles. The standard InChI is InChI=1S/C12H28N.C6H10O4/c1-5-9-13(10-6-2,11-7-3)12-8-4;1-2-3-4(5(7)8)6(9)10/h5-12H2,1-4H3;4H,2-3H2,1H3,(H,7,8)(H,9,10)/q+1;. The van der Waals surface area contributed by atoms with Crippen molar-refractivity contribution >= 4 is 11.9 Å². The molecular weight excluding hydrogens is 294 g/mol. The Morgan fingerprint density at radius 1 is 0.696 bits per heavy atom. The van der Waals surface area contributed by atoms with Gasteiger partial charge in [0.2, 0.25) is 0 Å². The minimum atomic E-state index is -1.26. The average molecular weight is 333 g/mol. The Morgan fingerprint density at radius 3 is 1.13 bits per heavy atom. The molecule has 0 fully saturated rings. The normalized spacial score (nSPS) is 11.0. The summed E-state index contributed by atoms with van der Waals surface area (Å²) in [7, 11) is 0. The number of quaternary nitrogens is 1. The van der Waals surface area contributed by atoms with Crippen LogP contribution in [0.2, 0.25) is 0 Å². The summed E-state index contributed by atoms with van der Waals surface area (Å²) in [6.07, 6.45) is 6.11. The van der Waals surface area contributed by atoms with Gasteiger partial charge in [-0.2, -0.15) is 0 Å². The van der Waals surface area contributed by atoms with Gasteiger partial charge in [-0.3, -0.25) is 9.59 Å². The third-order valence-corrected chi connectivity index (χ3v) is 3.97. The van der Waals surface area contributed by atoms with Gasteiger partial charge in [0.15, 0.2) is 5.92 Å². The van der Waals surface area contributed by atoms with Gasteiger partial charge in [-0.05, 0) is 32.1 Å². The number of hydrogen-bond donors (Lipinski definition) is 2. The number of carboxylic acid groups (broad SMARTS) is 2. The van der Waals surface area contributed by atoms with E-state index in [0.29, 0.717) is 6.42 Å². The van der Waals surface area contributed by atoms with Crippen molar-refractivity contribution < 1.29 is 24.3 Å². The molecule has 138 valence electrons. The minimum absolute atomic E-state index is 0.199. The molecule has 0 atom stereocenters. The fraction of sp³-hybridized carbons (Fsp3) is 0.889. The summed E-state index contributed by atoms with van der Waals surface area (Å²) in [5.74, 6) is -3.74. The quantitative estimate of drug-likeness (QED) is 0.418. The van der Waals surface area contributed by atoms with Crippen molar-refractivity contribution in [1.29, 1.82) is 0 Å². The average Bonchev–Trinajstić information content (AvgIpc) is 2.46. The molecule has 0 bridgehead atoms. The van der Waals surface area contributed by atoms with Crippen LogP contribution in [0, 0.1) is 5.92 Å². The van der Waals surface area contributed by atoms with Gasteiger partial charge in [0.05, 0.1) is 26.2 Å². The molecule has 2 N–H and O–H groups in total. The first kappa shape index (κ1) is 24.2. The molecule has 0 aliphatic carbocycles. The van der Waals surface area contributed by atoms with Crippen LogP contribution in [-0.2, 0) is 9.59 Å². The second-order valence-electron chi connectivity index (χ2n) is 6.25. The molecule has 5 heteroatoms. The summed E-state index contributed by atoms with van der Waals surface area (Å²) in [5, 5.41) is 16.6. The van der Waals surface area contributed by atoms with E-state index < -0.39 is 17.9 Å². The second-order valence-corrected chi connectivity index (χ2v) is 6.25. The molecule has 0 radical (unpaired) electrons. The van der Waals surface area contributed by atoms with Crippen LogP contribution in [0.5, 0.6) is 0 Å². The highest BCUT2D eigenvalue weighted by Gasteiger charge is 2.24. The summed E-state index contributed by atoms with van der Waals surface area (Å²) >= 11 is 0. The molecule has 5 nitrogen and oxygen atoms in total. The maximum absolute atomic E-state index is 10.2. The van der Waals surface area contributed by atoms with Crippen LogP contribution in [0.25, 0.3) is 0 Å².